The number of rotatable bonds is 3. The zero-order valence-corrected chi connectivity index (χ0v) is 9.91. The van der Waals surface area contributed by atoms with Crippen molar-refractivity contribution in [2.75, 3.05) is 0 Å². The van der Waals surface area contributed by atoms with Crippen LogP contribution in [0.2, 0.25) is 0 Å². The van der Waals surface area contributed by atoms with Gasteiger partial charge in [0.1, 0.15) is 17.4 Å². The maximum Gasteiger partial charge on any atom is 0.134 e. The van der Waals surface area contributed by atoms with Gasteiger partial charge >= 0.3 is 0 Å². The summed E-state index contributed by atoms with van der Waals surface area (Å²) in [4.78, 5) is 11.0. The molecule has 0 aliphatic rings. The predicted molar refractivity (Wildman–Crippen MR) is 66.2 cm³/mol. The Morgan fingerprint density at radius 2 is 1.72 bits per heavy atom. The third-order valence-corrected chi connectivity index (χ3v) is 2.65. The van der Waals surface area contributed by atoms with E-state index in [1.54, 1.807) is 24.3 Å². The average molecular weight is 246 g/mol. The van der Waals surface area contributed by atoms with Crippen LogP contribution in [0.5, 0.6) is 0 Å². The van der Waals surface area contributed by atoms with E-state index in [9.17, 15) is 13.6 Å². The highest BCUT2D eigenvalue weighted by atomic mass is 19.1. The molecule has 0 saturated carbocycles. The molecule has 0 spiro atoms. The molecule has 0 aromatic heterocycles. The van der Waals surface area contributed by atoms with E-state index in [4.69, 9.17) is 0 Å². The number of Topliss-reactive ketones (excluding diaryl/α,β-unsaturated/α-hetero) is 1. The second kappa shape index (κ2) is 5.08. The lowest BCUT2D eigenvalue weighted by Crippen LogP contribution is -1.95. The van der Waals surface area contributed by atoms with E-state index in [1.807, 2.05) is 0 Å². The fourth-order valence-electron chi connectivity index (χ4n) is 1.81. The van der Waals surface area contributed by atoms with Crippen LogP contribution in [0.3, 0.4) is 0 Å². The van der Waals surface area contributed by atoms with Crippen molar-refractivity contribution in [3.05, 3.63) is 59.7 Å². The number of benzene rings is 2. The topological polar surface area (TPSA) is 17.1 Å². The second-order valence-corrected chi connectivity index (χ2v) is 4.20. The molecule has 0 unspecified atom stereocenters. The monoisotopic (exact) mass is 246 g/mol. The summed E-state index contributed by atoms with van der Waals surface area (Å²) < 4.78 is 26.6. The molecule has 2 aromatic rings. The van der Waals surface area contributed by atoms with Gasteiger partial charge in [0.05, 0.1) is 0 Å². The van der Waals surface area contributed by atoms with Gasteiger partial charge in [-0.1, -0.05) is 24.3 Å². The van der Waals surface area contributed by atoms with Crippen LogP contribution in [0.15, 0.2) is 42.5 Å². The summed E-state index contributed by atoms with van der Waals surface area (Å²) in [6.07, 6.45) is 0.353. The van der Waals surface area contributed by atoms with Crippen LogP contribution < -0.4 is 0 Å². The number of hydrogen-bond donors (Lipinski definition) is 0. The molecule has 0 saturated heterocycles. The van der Waals surface area contributed by atoms with Crippen LogP contribution in [0.25, 0.3) is 11.1 Å². The van der Waals surface area contributed by atoms with Gasteiger partial charge in [0.15, 0.2) is 0 Å². The molecule has 0 fully saturated rings. The fraction of sp³-hybridized carbons (Fsp3) is 0.133. The first kappa shape index (κ1) is 12.4. The molecule has 0 amide bonds. The zero-order chi connectivity index (χ0) is 13.1. The highest BCUT2D eigenvalue weighted by Gasteiger charge is 2.06. The molecule has 18 heavy (non-hydrogen) atoms. The first-order valence-corrected chi connectivity index (χ1v) is 5.60. The third-order valence-electron chi connectivity index (χ3n) is 2.65. The van der Waals surface area contributed by atoms with Crippen LogP contribution in [-0.2, 0) is 11.2 Å². The van der Waals surface area contributed by atoms with Gasteiger partial charge in [-0.05, 0) is 36.2 Å². The predicted octanol–water partition coefficient (Wildman–Crippen LogP) is 3.76. The average Bonchev–Trinajstić information content (AvgIpc) is 2.33. The van der Waals surface area contributed by atoms with E-state index in [1.165, 1.54) is 6.92 Å². The van der Waals surface area contributed by atoms with E-state index >= 15 is 0 Å². The molecular weight excluding hydrogens is 234 g/mol. The van der Waals surface area contributed by atoms with Crippen molar-refractivity contribution in [3.8, 4) is 11.1 Å². The first-order valence-electron chi connectivity index (χ1n) is 5.60. The molecule has 0 aliphatic carbocycles. The van der Waals surface area contributed by atoms with E-state index < -0.39 is 11.6 Å². The minimum atomic E-state index is -0.473. The maximum absolute atomic E-state index is 13.5. The molecule has 1 nitrogen and oxygen atoms in total. The lowest BCUT2D eigenvalue weighted by Gasteiger charge is -2.05. The van der Waals surface area contributed by atoms with Gasteiger partial charge in [0.2, 0.25) is 0 Å². The van der Waals surface area contributed by atoms with Gasteiger partial charge in [-0.25, -0.2) is 8.78 Å². The number of carbonyl (C=O) groups excluding carboxylic acids is 1. The van der Waals surface area contributed by atoms with Crippen LogP contribution in [0.1, 0.15) is 12.5 Å². The third kappa shape index (κ3) is 2.80. The van der Waals surface area contributed by atoms with Gasteiger partial charge in [-0.15, -0.1) is 0 Å². The lowest BCUT2D eigenvalue weighted by molar-refractivity contribution is -0.116. The molecule has 0 radical (unpaired) electrons. The fourth-order valence-corrected chi connectivity index (χ4v) is 1.81. The van der Waals surface area contributed by atoms with Crippen molar-refractivity contribution in [1.82, 2.24) is 0 Å². The van der Waals surface area contributed by atoms with Gasteiger partial charge < -0.3 is 0 Å². The Bertz CT molecular complexity index is 574. The molecule has 0 aliphatic heterocycles. The van der Waals surface area contributed by atoms with E-state index in [-0.39, 0.29) is 11.3 Å². The highest BCUT2D eigenvalue weighted by molar-refractivity contribution is 5.78. The van der Waals surface area contributed by atoms with Crippen molar-refractivity contribution >= 4 is 5.78 Å². The summed E-state index contributed by atoms with van der Waals surface area (Å²) in [5.41, 5.74) is 1.69. The molecule has 0 heterocycles. The Hall–Kier alpha value is -2.03. The van der Waals surface area contributed by atoms with Crippen LogP contribution in [-0.4, -0.2) is 5.78 Å². The molecular formula is C15H12F2O. The Balaban J connectivity index is 2.34. The first-order chi connectivity index (χ1) is 8.56. The number of hydrogen-bond acceptors (Lipinski definition) is 1. The molecule has 3 heteroatoms. The summed E-state index contributed by atoms with van der Waals surface area (Å²) in [5.74, 6) is -0.866. The minimum Gasteiger partial charge on any atom is -0.300 e. The van der Waals surface area contributed by atoms with Crippen molar-refractivity contribution in [1.29, 1.82) is 0 Å². The van der Waals surface area contributed by atoms with E-state index in [0.29, 0.717) is 12.0 Å². The summed E-state index contributed by atoms with van der Waals surface area (Å²) in [7, 11) is 0. The van der Waals surface area contributed by atoms with Gasteiger partial charge in [-0.2, -0.15) is 0 Å². The Labute approximate surface area is 104 Å². The Morgan fingerprint density at radius 3 is 2.33 bits per heavy atom. The molecule has 0 atom stereocenters. The van der Waals surface area contributed by atoms with Crippen LogP contribution >= 0.6 is 0 Å². The normalized spacial score (nSPS) is 10.4. The summed E-state index contributed by atoms with van der Waals surface area (Å²) >= 11 is 0. The highest BCUT2D eigenvalue weighted by Crippen LogP contribution is 2.24. The van der Waals surface area contributed by atoms with E-state index in [0.717, 1.165) is 23.8 Å². The Kier molecular flexibility index (Phi) is 3.51. The second-order valence-electron chi connectivity index (χ2n) is 4.20. The number of halogens is 2. The van der Waals surface area contributed by atoms with E-state index in [2.05, 4.69) is 0 Å². The maximum atomic E-state index is 13.5. The smallest absolute Gasteiger partial charge is 0.134 e. The summed E-state index contributed by atoms with van der Waals surface area (Å²) in [5, 5.41) is 0. The SMILES string of the molecule is CC(=O)Cc1ccc(-c2cc(F)ccc2F)cc1. The van der Waals surface area contributed by atoms with Crippen molar-refractivity contribution in [3.63, 3.8) is 0 Å². The quantitative estimate of drug-likeness (QED) is 0.805. The van der Waals surface area contributed by atoms with Crippen molar-refractivity contribution in [2.45, 2.75) is 13.3 Å². The standard InChI is InChI=1S/C15H12F2O/c1-10(18)8-11-2-4-12(5-3-11)14-9-13(16)6-7-15(14)17/h2-7,9H,8H2,1H3. The van der Waals surface area contributed by atoms with Crippen molar-refractivity contribution < 1.29 is 13.6 Å². The van der Waals surface area contributed by atoms with Gasteiger partial charge in [0.25, 0.3) is 0 Å². The van der Waals surface area contributed by atoms with Gasteiger partial charge in [0, 0.05) is 12.0 Å². The summed E-state index contributed by atoms with van der Waals surface area (Å²) in [6.45, 7) is 1.51. The number of ketones is 1. The molecule has 92 valence electrons. The molecule has 0 N–H and O–H groups in total. The molecule has 2 rings (SSSR count). The number of carbonyl (C=O) groups is 1. The Morgan fingerprint density at radius 1 is 1.06 bits per heavy atom. The van der Waals surface area contributed by atoms with Crippen LogP contribution in [0, 0.1) is 11.6 Å². The molecule has 2 aromatic carbocycles. The minimum absolute atomic E-state index is 0.0692. The van der Waals surface area contributed by atoms with Gasteiger partial charge in [-0.3, -0.25) is 4.79 Å². The zero-order valence-electron chi connectivity index (χ0n) is 9.91. The summed E-state index contributed by atoms with van der Waals surface area (Å²) in [6, 6.07) is 10.2. The van der Waals surface area contributed by atoms with Crippen LogP contribution in [0.4, 0.5) is 8.78 Å². The van der Waals surface area contributed by atoms with Crippen molar-refractivity contribution in [2.24, 2.45) is 0 Å². The molecule has 0 bridgehead atoms. The lowest BCUT2D eigenvalue weighted by atomic mass is 10.0. The largest absolute Gasteiger partial charge is 0.300 e.